The fraction of sp³-hybridized carbons (Fsp3) is 0.619. The van der Waals surface area contributed by atoms with Gasteiger partial charge in [0.05, 0.1) is 11.5 Å². The summed E-state index contributed by atoms with van der Waals surface area (Å²) in [5, 5.41) is 3.45. The number of hydrogen-bond donors (Lipinski definition) is 1. The van der Waals surface area contributed by atoms with Crippen molar-refractivity contribution in [3.63, 3.8) is 0 Å². The summed E-state index contributed by atoms with van der Waals surface area (Å²) in [4.78, 5) is 24.9. The third-order valence-electron chi connectivity index (χ3n) is 6.51. The maximum absolute atomic E-state index is 12.9. The van der Waals surface area contributed by atoms with Gasteiger partial charge < -0.3 is 10.1 Å². The summed E-state index contributed by atoms with van der Waals surface area (Å²) >= 11 is 12.9. The van der Waals surface area contributed by atoms with Crippen molar-refractivity contribution in [2.24, 2.45) is 17.3 Å². The third-order valence-corrected chi connectivity index (χ3v) is 7.29. The van der Waals surface area contributed by atoms with Gasteiger partial charge in [-0.15, -0.1) is 11.6 Å². The Bertz CT molecular complexity index is 752. The van der Waals surface area contributed by atoms with Gasteiger partial charge in [0.2, 0.25) is 0 Å². The Hall–Kier alpha value is -1.26. The smallest absolute Gasteiger partial charge is 0.312 e. The molecule has 4 aliphatic carbocycles. The molecule has 0 aliphatic heterocycles. The monoisotopic (exact) mass is 409 g/mol. The number of esters is 1. The Morgan fingerprint density at radius 3 is 2.52 bits per heavy atom. The van der Waals surface area contributed by atoms with E-state index in [-0.39, 0.29) is 29.4 Å². The molecular formula is C21H25Cl2NO3. The van der Waals surface area contributed by atoms with E-state index in [9.17, 15) is 9.59 Å². The van der Waals surface area contributed by atoms with E-state index in [1.165, 1.54) is 6.42 Å². The molecule has 4 saturated carbocycles. The molecule has 4 fully saturated rings. The normalized spacial score (nSPS) is 34.9. The molecule has 146 valence electrons. The molecule has 0 aromatic heterocycles. The Balaban J connectivity index is 1.34. The maximum atomic E-state index is 12.9. The van der Waals surface area contributed by atoms with Crippen LogP contribution in [0, 0.1) is 17.3 Å². The van der Waals surface area contributed by atoms with E-state index in [2.05, 4.69) is 5.32 Å². The minimum Gasteiger partial charge on any atom is -0.455 e. The molecule has 1 aromatic carbocycles. The Labute approximate surface area is 169 Å². The van der Waals surface area contributed by atoms with Crippen LogP contribution in [-0.4, -0.2) is 23.4 Å². The van der Waals surface area contributed by atoms with Crippen LogP contribution < -0.4 is 5.32 Å². The molecule has 4 bridgehead atoms. The van der Waals surface area contributed by atoms with E-state index < -0.39 is 5.41 Å². The zero-order valence-electron chi connectivity index (χ0n) is 15.5. The summed E-state index contributed by atoms with van der Waals surface area (Å²) in [5.41, 5.74) is 0.351. The topological polar surface area (TPSA) is 55.4 Å². The first-order chi connectivity index (χ1) is 12.8. The van der Waals surface area contributed by atoms with Crippen molar-refractivity contribution in [1.82, 2.24) is 5.32 Å². The van der Waals surface area contributed by atoms with Crippen LogP contribution in [0.2, 0.25) is 5.02 Å². The van der Waals surface area contributed by atoms with Crippen molar-refractivity contribution in [3.8, 4) is 0 Å². The van der Waals surface area contributed by atoms with Crippen LogP contribution in [0.1, 0.15) is 57.1 Å². The molecule has 0 heterocycles. The number of benzene rings is 1. The number of halogens is 2. The summed E-state index contributed by atoms with van der Waals surface area (Å²) < 4.78 is 5.46. The molecule has 0 radical (unpaired) electrons. The van der Waals surface area contributed by atoms with Crippen LogP contribution in [0.5, 0.6) is 0 Å². The molecule has 1 N–H and O–H groups in total. The molecule has 4 nitrogen and oxygen atoms in total. The van der Waals surface area contributed by atoms with Gasteiger partial charge in [-0.3, -0.25) is 9.59 Å². The number of ether oxygens (including phenoxy) is 1. The SMILES string of the molecule is C[C@H](NC(=O)COC(=O)C12C[C@@H]3C[C@@H](CC(Cl)(C3)C1)C2)c1ccccc1Cl. The number of carbonyl (C=O) groups is 2. The average molecular weight is 410 g/mol. The molecule has 1 aromatic rings. The fourth-order valence-corrected chi connectivity index (χ4v) is 6.85. The van der Waals surface area contributed by atoms with Crippen LogP contribution in [0.4, 0.5) is 0 Å². The van der Waals surface area contributed by atoms with Crippen molar-refractivity contribution >= 4 is 35.1 Å². The molecule has 27 heavy (non-hydrogen) atoms. The predicted octanol–water partition coefficient (Wildman–Crippen LogP) is 4.64. The van der Waals surface area contributed by atoms with E-state index >= 15 is 0 Å². The van der Waals surface area contributed by atoms with Crippen LogP contribution in [0.3, 0.4) is 0 Å². The molecule has 0 spiro atoms. The van der Waals surface area contributed by atoms with Gasteiger partial charge in [0.15, 0.2) is 6.61 Å². The highest BCUT2D eigenvalue weighted by molar-refractivity contribution is 6.31. The number of alkyl halides is 1. The molecule has 5 atom stereocenters. The molecular weight excluding hydrogens is 385 g/mol. The predicted molar refractivity (Wildman–Crippen MR) is 105 cm³/mol. The van der Waals surface area contributed by atoms with Crippen molar-refractivity contribution in [1.29, 1.82) is 0 Å². The van der Waals surface area contributed by atoms with E-state index in [1.54, 1.807) is 6.07 Å². The van der Waals surface area contributed by atoms with Gasteiger partial charge in [0.1, 0.15) is 0 Å². The van der Waals surface area contributed by atoms with Crippen LogP contribution in [-0.2, 0) is 14.3 Å². The summed E-state index contributed by atoms with van der Waals surface area (Å²) in [5.74, 6) is 0.471. The molecule has 6 heteroatoms. The quantitative estimate of drug-likeness (QED) is 0.569. The first-order valence-corrected chi connectivity index (χ1v) is 10.4. The minimum absolute atomic E-state index is 0.246. The van der Waals surface area contributed by atoms with Gasteiger partial charge in [-0.1, -0.05) is 29.8 Å². The lowest BCUT2D eigenvalue weighted by atomic mass is 9.49. The summed E-state index contributed by atoms with van der Waals surface area (Å²) in [7, 11) is 0. The summed E-state index contributed by atoms with van der Waals surface area (Å²) in [6.45, 7) is 1.59. The Morgan fingerprint density at radius 1 is 1.22 bits per heavy atom. The van der Waals surface area contributed by atoms with E-state index in [0.717, 1.165) is 31.2 Å². The lowest BCUT2D eigenvalue weighted by Crippen LogP contribution is -2.56. The van der Waals surface area contributed by atoms with Crippen molar-refractivity contribution < 1.29 is 14.3 Å². The first kappa shape index (κ1) is 19.1. The molecule has 1 amide bonds. The lowest BCUT2D eigenvalue weighted by molar-refractivity contribution is -0.171. The second-order valence-corrected chi connectivity index (χ2v) is 9.99. The molecule has 4 aliphatic rings. The van der Waals surface area contributed by atoms with Crippen molar-refractivity contribution in [2.75, 3.05) is 6.61 Å². The fourth-order valence-electron chi connectivity index (χ4n) is 5.86. The number of hydrogen-bond acceptors (Lipinski definition) is 3. The van der Waals surface area contributed by atoms with Crippen LogP contribution >= 0.6 is 23.2 Å². The van der Waals surface area contributed by atoms with Gasteiger partial charge in [0.25, 0.3) is 5.91 Å². The highest BCUT2D eigenvalue weighted by atomic mass is 35.5. The minimum atomic E-state index is -0.486. The average Bonchev–Trinajstić information content (AvgIpc) is 2.57. The number of nitrogens with one attached hydrogen (secondary N) is 1. The molecule has 2 unspecified atom stereocenters. The van der Waals surface area contributed by atoms with Gasteiger partial charge in [-0.25, -0.2) is 0 Å². The zero-order chi connectivity index (χ0) is 19.2. The summed E-state index contributed by atoms with van der Waals surface area (Å²) in [6.07, 6.45) is 5.60. The van der Waals surface area contributed by atoms with E-state index in [1.807, 2.05) is 25.1 Å². The zero-order valence-corrected chi connectivity index (χ0v) is 17.0. The largest absolute Gasteiger partial charge is 0.455 e. The van der Waals surface area contributed by atoms with Crippen LogP contribution in [0.15, 0.2) is 24.3 Å². The highest BCUT2D eigenvalue weighted by Crippen LogP contribution is 2.64. The van der Waals surface area contributed by atoms with Crippen LogP contribution in [0.25, 0.3) is 0 Å². The highest BCUT2D eigenvalue weighted by Gasteiger charge is 2.60. The van der Waals surface area contributed by atoms with E-state index in [0.29, 0.717) is 23.3 Å². The lowest BCUT2D eigenvalue weighted by Gasteiger charge is -2.58. The summed E-state index contributed by atoms with van der Waals surface area (Å²) in [6, 6.07) is 7.12. The van der Waals surface area contributed by atoms with Gasteiger partial charge >= 0.3 is 5.97 Å². The van der Waals surface area contributed by atoms with E-state index in [4.69, 9.17) is 27.9 Å². The second-order valence-electron chi connectivity index (χ2n) is 8.78. The number of rotatable bonds is 5. The maximum Gasteiger partial charge on any atom is 0.312 e. The van der Waals surface area contributed by atoms with Gasteiger partial charge in [-0.2, -0.15) is 0 Å². The Kier molecular flexibility index (Phi) is 4.92. The standard InChI is InChI=1S/C21H25Cl2NO3/c1-13(16-4-2-3-5-17(16)22)24-18(25)11-27-19(26)20-7-14-6-15(8-20)10-21(23,9-14)12-20/h2-5,13-15H,6-12H2,1H3,(H,24,25)/t13-,14-,15+,20?,21?/m0/s1. The Morgan fingerprint density at radius 2 is 1.89 bits per heavy atom. The van der Waals surface area contributed by atoms with Crippen molar-refractivity contribution in [3.05, 3.63) is 34.9 Å². The molecule has 0 saturated heterocycles. The van der Waals surface area contributed by atoms with Gasteiger partial charge in [0, 0.05) is 9.90 Å². The van der Waals surface area contributed by atoms with Gasteiger partial charge in [-0.05, 0) is 68.9 Å². The van der Waals surface area contributed by atoms with Crippen molar-refractivity contribution in [2.45, 2.75) is 56.4 Å². The number of amides is 1. The third kappa shape index (κ3) is 3.71. The first-order valence-electron chi connectivity index (χ1n) is 9.69. The number of carbonyl (C=O) groups excluding carboxylic acids is 2. The molecule has 5 rings (SSSR count). The second kappa shape index (κ2) is 6.97.